The molecule has 0 N–H and O–H groups in total. The molecule has 0 spiro atoms. The molecule has 0 amide bonds. The van der Waals surface area contributed by atoms with Gasteiger partial charge < -0.3 is 9.13 Å². The van der Waals surface area contributed by atoms with Crippen LogP contribution in [0.2, 0.25) is 0 Å². The Hall–Kier alpha value is -4.12. The van der Waals surface area contributed by atoms with E-state index in [0.717, 1.165) is 8.95 Å². The van der Waals surface area contributed by atoms with E-state index in [4.69, 9.17) is 0 Å². The van der Waals surface area contributed by atoms with E-state index in [-0.39, 0.29) is 0 Å². The number of benzene rings is 6. The first kappa shape index (κ1) is 24.5. The van der Waals surface area contributed by atoms with Crippen LogP contribution < -0.4 is 0 Å². The standard InChI is InChI=1S/C38H24Br2N2/c39-27-11-16-37-33(21-27)31-19-25(9-14-35(31)41(37)29-4-2-1-3-5-29)26-10-15-36-32(20-26)34-22-28(40)12-17-38(34)42(36)30-13-8-23-6-7-24(23)18-30/h1-5,8-22H,6-7H2. The van der Waals surface area contributed by atoms with Gasteiger partial charge in [0.1, 0.15) is 0 Å². The van der Waals surface area contributed by atoms with Gasteiger partial charge in [0.2, 0.25) is 0 Å². The van der Waals surface area contributed by atoms with E-state index in [0.29, 0.717) is 0 Å². The molecule has 200 valence electrons. The first-order chi connectivity index (χ1) is 20.6. The number of halogens is 2. The smallest absolute Gasteiger partial charge is 0.0541 e. The number of rotatable bonds is 3. The molecule has 9 rings (SSSR count). The summed E-state index contributed by atoms with van der Waals surface area (Å²) in [6.45, 7) is 0. The van der Waals surface area contributed by atoms with E-state index >= 15 is 0 Å². The Labute approximate surface area is 260 Å². The Kier molecular flexibility index (Phi) is 5.36. The van der Waals surface area contributed by atoms with Crippen molar-refractivity contribution in [2.24, 2.45) is 0 Å². The Bertz CT molecular complexity index is 2380. The molecule has 0 fully saturated rings. The molecule has 4 heteroatoms. The monoisotopic (exact) mass is 666 g/mol. The maximum absolute atomic E-state index is 3.74. The van der Waals surface area contributed by atoms with Crippen molar-refractivity contribution in [2.45, 2.75) is 12.8 Å². The van der Waals surface area contributed by atoms with Crippen molar-refractivity contribution in [3.05, 3.63) is 141 Å². The van der Waals surface area contributed by atoms with Gasteiger partial charge in [0.05, 0.1) is 22.1 Å². The van der Waals surface area contributed by atoms with Crippen LogP contribution in [0.25, 0.3) is 66.1 Å². The van der Waals surface area contributed by atoms with Gasteiger partial charge in [-0.25, -0.2) is 0 Å². The molecule has 0 aliphatic heterocycles. The highest BCUT2D eigenvalue weighted by Crippen LogP contribution is 2.40. The average molecular weight is 668 g/mol. The summed E-state index contributed by atoms with van der Waals surface area (Å²) >= 11 is 7.46. The van der Waals surface area contributed by atoms with Crippen molar-refractivity contribution in [2.75, 3.05) is 0 Å². The van der Waals surface area contributed by atoms with Gasteiger partial charge in [-0.1, -0.05) is 68.3 Å². The van der Waals surface area contributed by atoms with Crippen LogP contribution in [-0.4, -0.2) is 9.13 Å². The second-order valence-corrected chi connectivity index (χ2v) is 13.1. The highest BCUT2D eigenvalue weighted by Gasteiger charge is 2.18. The number of aryl methyl sites for hydroxylation is 2. The van der Waals surface area contributed by atoms with Crippen LogP contribution in [0.5, 0.6) is 0 Å². The van der Waals surface area contributed by atoms with Crippen LogP contribution in [0.1, 0.15) is 11.1 Å². The molecule has 0 atom stereocenters. The highest BCUT2D eigenvalue weighted by molar-refractivity contribution is 9.10. The second-order valence-electron chi connectivity index (χ2n) is 11.2. The minimum absolute atomic E-state index is 1.09. The first-order valence-corrected chi connectivity index (χ1v) is 15.9. The highest BCUT2D eigenvalue weighted by atomic mass is 79.9. The number of aromatic nitrogens is 2. The Balaban J connectivity index is 1.27. The Morgan fingerprint density at radius 3 is 1.43 bits per heavy atom. The summed E-state index contributed by atoms with van der Waals surface area (Å²) in [5, 5.41) is 5.02. The molecule has 0 saturated heterocycles. The Morgan fingerprint density at radius 2 is 0.905 bits per heavy atom. The molecule has 6 aromatic carbocycles. The van der Waals surface area contributed by atoms with Crippen molar-refractivity contribution >= 4 is 75.5 Å². The van der Waals surface area contributed by atoms with E-state index in [2.05, 4.69) is 162 Å². The van der Waals surface area contributed by atoms with Gasteiger partial charge in [0.25, 0.3) is 0 Å². The third-order valence-electron chi connectivity index (χ3n) is 8.91. The molecule has 0 bridgehead atoms. The van der Waals surface area contributed by atoms with Crippen molar-refractivity contribution in [1.29, 1.82) is 0 Å². The zero-order chi connectivity index (χ0) is 27.9. The van der Waals surface area contributed by atoms with Crippen molar-refractivity contribution in [3.63, 3.8) is 0 Å². The SMILES string of the molecule is Brc1ccc2c(c1)c1cc(-c3ccc4c(c3)c3cc(Br)ccc3n4-c3ccc4c(c3)CC4)ccc1n2-c1ccccc1. The molecule has 1 aliphatic carbocycles. The Morgan fingerprint density at radius 1 is 0.405 bits per heavy atom. The molecule has 42 heavy (non-hydrogen) atoms. The summed E-state index contributed by atoms with van der Waals surface area (Å²) in [7, 11) is 0. The number of para-hydroxylation sites is 1. The molecule has 2 heterocycles. The normalized spacial score (nSPS) is 12.8. The number of nitrogens with zero attached hydrogens (tertiary/aromatic N) is 2. The van der Waals surface area contributed by atoms with E-state index in [1.165, 1.54) is 90.1 Å². The summed E-state index contributed by atoms with van der Waals surface area (Å²) < 4.78 is 6.97. The fourth-order valence-electron chi connectivity index (χ4n) is 6.80. The van der Waals surface area contributed by atoms with Gasteiger partial charge in [-0.05, 0) is 120 Å². The summed E-state index contributed by atoms with van der Waals surface area (Å²) in [5.41, 5.74) is 12.7. The third-order valence-corrected chi connectivity index (χ3v) is 9.90. The lowest BCUT2D eigenvalue weighted by Gasteiger charge is -2.20. The molecule has 2 nitrogen and oxygen atoms in total. The quantitative estimate of drug-likeness (QED) is 0.177. The van der Waals surface area contributed by atoms with E-state index < -0.39 is 0 Å². The lowest BCUT2D eigenvalue weighted by Crippen LogP contribution is -2.09. The van der Waals surface area contributed by atoms with Crippen LogP contribution in [-0.2, 0) is 12.8 Å². The van der Waals surface area contributed by atoms with Gasteiger partial charge in [-0.2, -0.15) is 0 Å². The van der Waals surface area contributed by atoms with Gasteiger partial charge in [0.15, 0.2) is 0 Å². The number of fused-ring (bicyclic) bond motifs is 7. The van der Waals surface area contributed by atoms with Crippen LogP contribution in [0.15, 0.2) is 130 Å². The molecular weight excluding hydrogens is 644 g/mol. The molecule has 0 saturated carbocycles. The molecular formula is C38H24Br2N2. The van der Waals surface area contributed by atoms with Crippen molar-refractivity contribution < 1.29 is 0 Å². The maximum atomic E-state index is 3.74. The summed E-state index contributed by atoms with van der Waals surface area (Å²) in [5.74, 6) is 0. The first-order valence-electron chi connectivity index (χ1n) is 14.3. The van der Waals surface area contributed by atoms with E-state index in [1.807, 2.05) is 0 Å². The number of hydrogen-bond acceptors (Lipinski definition) is 0. The summed E-state index contributed by atoms with van der Waals surface area (Å²) in [6, 6.07) is 44.7. The van der Waals surface area contributed by atoms with Crippen molar-refractivity contribution in [3.8, 4) is 22.5 Å². The largest absolute Gasteiger partial charge is 0.309 e. The molecule has 0 radical (unpaired) electrons. The van der Waals surface area contributed by atoms with Gasteiger partial charge in [-0.3, -0.25) is 0 Å². The predicted octanol–water partition coefficient (Wildman–Crippen LogP) is 11.2. The van der Waals surface area contributed by atoms with Crippen LogP contribution in [0, 0.1) is 0 Å². The maximum Gasteiger partial charge on any atom is 0.0541 e. The summed E-state index contributed by atoms with van der Waals surface area (Å²) in [4.78, 5) is 0. The van der Waals surface area contributed by atoms with Crippen molar-refractivity contribution in [1.82, 2.24) is 9.13 Å². The molecule has 0 unspecified atom stereocenters. The zero-order valence-electron chi connectivity index (χ0n) is 22.6. The van der Waals surface area contributed by atoms with Gasteiger partial charge in [-0.15, -0.1) is 0 Å². The number of hydrogen-bond donors (Lipinski definition) is 0. The fraction of sp³-hybridized carbons (Fsp3) is 0.0526. The second kappa shape index (κ2) is 9.19. The lowest BCUT2D eigenvalue weighted by molar-refractivity contribution is 0.836. The fourth-order valence-corrected chi connectivity index (χ4v) is 7.53. The minimum Gasteiger partial charge on any atom is -0.309 e. The van der Waals surface area contributed by atoms with Gasteiger partial charge >= 0.3 is 0 Å². The van der Waals surface area contributed by atoms with Crippen LogP contribution in [0.3, 0.4) is 0 Å². The van der Waals surface area contributed by atoms with E-state index in [9.17, 15) is 0 Å². The third kappa shape index (κ3) is 3.62. The minimum atomic E-state index is 1.09. The van der Waals surface area contributed by atoms with Crippen LogP contribution in [0.4, 0.5) is 0 Å². The predicted molar refractivity (Wildman–Crippen MR) is 183 cm³/mol. The van der Waals surface area contributed by atoms with E-state index in [1.54, 1.807) is 0 Å². The molecule has 2 aromatic heterocycles. The lowest BCUT2D eigenvalue weighted by atomic mass is 9.88. The summed E-state index contributed by atoms with van der Waals surface area (Å²) in [6.07, 6.45) is 2.38. The topological polar surface area (TPSA) is 9.86 Å². The molecule has 8 aromatic rings. The van der Waals surface area contributed by atoms with Crippen LogP contribution >= 0.6 is 31.9 Å². The zero-order valence-corrected chi connectivity index (χ0v) is 25.8. The molecule has 1 aliphatic rings. The van der Waals surface area contributed by atoms with Gasteiger partial charge in [0, 0.05) is 41.9 Å². The average Bonchev–Trinajstić information content (AvgIpc) is 3.49.